The summed E-state index contributed by atoms with van der Waals surface area (Å²) in [5.74, 6) is 4.66. The molecule has 0 saturated carbocycles. The van der Waals surface area contributed by atoms with Crippen LogP contribution in [-0.4, -0.2) is 34.9 Å². The highest BCUT2D eigenvalue weighted by Gasteiger charge is 2.26. The Labute approximate surface area is 204 Å². The average Bonchev–Trinajstić information content (AvgIpc) is 3.58. The van der Waals surface area contributed by atoms with Crippen molar-refractivity contribution in [2.24, 2.45) is 0 Å². The Morgan fingerprint density at radius 2 is 2.17 bits per heavy atom. The average molecular weight is 514 g/mol. The van der Waals surface area contributed by atoms with E-state index in [1.807, 2.05) is 24.3 Å². The largest absolute Gasteiger partial charge is 0.420 e. The summed E-state index contributed by atoms with van der Waals surface area (Å²) in [6.45, 7) is 2.72. The van der Waals surface area contributed by atoms with E-state index in [-0.39, 0.29) is 22.3 Å². The van der Waals surface area contributed by atoms with Gasteiger partial charge in [-0.2, -0.15) is 4.37 Å². The molecule has 1 aliphatic heterocycles. The van der Waals surface area contributed by atoms with Crippen LogP contribution in [0.25, 0.3) is 11.1 Å². The van der Waals surface area contributed by atoms with Crippen molar-refractivity contribution in [3.05, 3.63) is 70.2 Å². The van der Waals surface area contributed by atoms with E-state index in [4.69, 9.17) is 4.42 Å². The number of nitrogens with zero attached hydrogens (tertiary/aromatic N) is 3. The van der Waals surface area contributed by atoms with Gasteiger partial charge in [0, 0.05) is 29.2 Å². The summed E-state index contributed by atoms with van der Waals surface area (Å²) in [4.78, 5) is 15.9. The second kappa shape index (κ2) is 9.26. The molecule has 4 aromatic rings. The number of oxazole rings is 1. The first-order chi connectivity index (χ1) is 16.8. The van der Waals surface area contributed by atoms with E-state index < -0.39 is 32.5 Å². The summed E-state index contributed by atoms with van der Waals surface area (Å²) in [5, 5.41) is 3.32. The molecular formula is C23H20FN5O4S2. The van der Waals surface area contributed by atoms with E-state index in [0.717, 1.165) is 54.2 Å². The minimum atomic E-state index is -4.32. The molecule has 1 fully saturated rings. The second-order valence-electron chi connectivity index (χ2n) is 8.02. The van der Waals surface area contributed by atoms with Gasteiger partial charge in [0.15, 0.2) is 5.58 Å². The third-order valence-electron chi connectivity index (χ3n) is 5.78. The number of hydrogen-bond acceptors (Lipinski definition) is 8. The fraction of sp³-hybridized carbons (Fsp3) is 0.261. The predicted molar refractivity (Wildman–Crippen MR) is 129 cm³/mol. The van der Waals surface area contributed by atoms with Crippen LogP contribution in [0.2, 0.25) is 0 Å². The van der Waals surface area contributed by atoms with E-state index >= 15 is 4.39 Å². The molecule has 2 N–H and O–H groups in total. The number of anilines is 1. The van der Waals surface area contributed by atoms with Crippen LogP contribution in [-0.2, 0) is 10.0 Å². The van der Waals surface area contributed by atoms with Gasteiger partial charge >= 0.3 is 5.76 Å². The van der Waals surface area contributed by atoms with Gasteiger partial charge in [-0.1, -0.05) is 30.0 Å². The van der Waals surface area contributed by atoms with Gasteiger partial charge in [-0.3, -0.25) is 9.29 Å². The van der Waals surface area contributed by atoms with Crippen molar-refractivity contribution in [3.8, 4) is 11.8 Å². The van der Waals surface area contributed by atoms with Crippen molar-refractivity contribution in [1.82, 2.24) is 19.2 Å². The lowest BCUT2D eigenvalue weighted by Gasteiger charge is -2.15. The zero-order valence-corrected chi connectivity index (χ0v) is 20.1. The first-order valence-corrected chi connectivity index (χ1v) is 13.1. The summed E-state index contributed by atoms with van der Waals surface area (Å²) in [6, 6.07) is 8.97. The minimum absolute atomic E-state index is 0.0114. The lowest BCUT2D eigenvalue weighted by molar-refractivity contribution is 0.489. The number of rotatable bonds is 5. The molecule has 2 atom stereocenters. The Morgan fingerprint density at radius 1 is 1.34 bits per heavy atom. The van der Waals surface area contributed by atoms with Crippen LogP contribution in [0.5, 0.6) is 0 Å². The molecule has 0 spiro atoms. The number of benzene rings is 2. The van der Waals surface area contributed by atoms with Crippen LogP contribution in [0.1, 0.15) is 36.9 Å². The minimum Gasteiger partial charge on any atom is -0.408 e. The maximum atomic E-state index is 15.0. The molecule has 0 amide bonds. The summed E-state index contributed by atoms with van der Waals surface area (Å²) >= 11 is 0.809. The molecule has 3 heterocycles. The number of halogens is 1. The van der Waals surface area contributed by atoms with E-state index in [1.54, 1.807) is 6.92 Å². The highest BCUT2D eigenvalue weighted by Crippen LogP contribution is 2.29. The lowest BCUT2D eigenvalue weighted by atomic mass is 10.0. The standard InChI is InChI=1S/C23H20FN5O4S2/c1-14(17-7-3-2-5-15(17)8-9-16-6-4-10-25-16)29-19-11-18(24)21(12-20(19)33-23(29)30)35(31,32)28-22-26-13-27-34-22/h2-3,5,7,11-14,16,25H,4,6,10H2,1H3,(H,26,27,28)/t14?,16-/m1/s1. The molecule has 0 radical (unpaired) electrons. The maximum absolute atomic E-state index is 15.0. The lowest BCUT2D eigenvalue weighted by Crippen LogP contribution is -2.20. The van der Waals surface area contributed by atoms with Crippen molar-refractivity contribution in [2.75, 3.05) is 11.3 Å². The van der Waals surface area contributed by atoms with Gasteiger partial charge in [0.05, 0.1) is 17.6 Å². The fourth-order valence-corrected chi connectivity index (χ4v) is 5.82. The van der Waals surface area contributed by atoms with E-state index in [9.17, 15) is 13.2 Å². The van der Waals surface area contributed by atoms with Gasteiger partial charge < -0.3 is 9.73 Å². The van der Waals surface area contributed by atoms with Crippen molar-refractivity contribution < 1.29 is 17.2 Å². The van der Waals surface area contributed by atoms with Crippen molar-refractivity contribution >= 4 is 37.8 Å². The van der Waals surface area contributed by atoms with Gasteiger partial charge in [0.1, 0.15) is 17.0 Å². The van der Waals surface area contributed by atoms with Gasteiger partial charge in [-0.05, 0) is 37.9 Å². The molecule has 2 aromatic heterocycles. The molecule has 0 aliphatic carbocycles. The Morgan fingerprint density at radius 3 is 2.91 bits per heavy atom. The Kier molecular flexibility index (Phi) is 6.14. The third-order valence-corrected chi connectivity index (χ3v) is 7.84. The number of sulfonamides is 1. The normalized spacial score (nSPS) is 16.7. The maximum Gasteiger partial charge on any atom is 0.420 e. The van der Waals surface area contributed by atoms with E-state index in [1.165, 1.54) is 10.9 Å². The second-order valence-corrected chi connectivity index (χ2v) is 10.5. The van der Waals surface area contributed by atoms with E-state index in [2.05, 4.69) is 31.2 Å². The molecule has 180 valence electrons. The Balaban J connectivity index is 1.54. The van der Waals surface area contributed by atoms with E-state index in [0.29, 0.717) is 0 Å². The summed E-state index contributed by atoms with van der Waals surface area (Å²) < 4.78 is 52.9. The number of hydrogen-bond donors (Lipinski definition) is 2. The van der Waals surface area contributed by atoms with Crippen LogP contribution in [0.3, 0.4) is 0 Å². The van der Waals surface area contributed by atoms with Gasteiger partial charge in [0.2, 0.25) is 5.13 Å². The molecule has 1 unspecified atom stereocenters. The zero-order chi connectivity index (χ0) is 24.6. The number of aromatic nitrogens is 3. The van der Waals surface area contributed by atoms with Crippen molar-refractivity contribution in [3.63, 3.8) is 0 Å². The highest BCUT2D eigenvalue weighted by molar-refractivity contribution is 7.93. The Bertz CT molecular complexity index is 1610. The van der Waals surface area contributed by atoms with Crippen LogP contribution >= 0.6 is 11.5 Å². The summed E-state index contributed by atoms with van der Waals surface area (Å²) in [6.07, 6.45) is 3.23. The van der Waals surface area contributed by atoms with Gasteiger partial charge in [-0.25, -0.2) is 22.6 Å². The molecule has 0 bridgehead atoms. The highest BCUT2D eigenvalue weighted by atomic mass is 32.2. The van der Waals surface area contributed by atoms with Gasteiger partial charge in [-0.15, -0.1) is 0 Å². The van der Waals surface area contributed by atoms with Crippen LogP contribution < -0.4 is 15.8 Å². The van der Waals surface area contributed by atoms with Crippen LogP contribution in [0.15, 0.2) is 56.8 Å². The molecule has 1 saturated heterocycles. The number of fused-ring (bicyclic) bond motifs is 1. The summed E-state index contributed by atoms with van der Waals surface area (Å²) in [7, 11) is -4.32. The van der Waals surface area contributed by atoms with Crippen molar-refractivity contribution in [1.29, 1.82) is 0 Å². The Hall–Kier alpha value is -3.53. The third kappa shape index (κ3) is 4.58. The first-order valence-electron chi connectivity index (χ1n) is 10.8. The number of nitrogens with one attached hydrogen (secondary N) is 2. The SMILES string of the molecule is CC(c1ccccc1C#C[C@H]1CCCN1)n1c(=O)oc2cc(S(=O)(=O)Nc3ncns3)c(F)cc21. The molecule has 9 nitrogen and oxygen atoms in total. The monoisotopic (exact) mass is 513 g/mol. The topological polar surface area (TPSA) is 119 Å². The molecule has 5 rings (SSSR count). The van der Waals surface area contributed by atoms with Crippen LogP contribution in [0, 0.1) is 17.7 Å². The van der Waals surface area contributed by atoms with Crippen molar-refractivity contribution in [2.45, 2.75) is 36.7 Å². The zero-order valence-electron chi connectivity index (χ0n) is 18.5. The predicted octanol–water partition coefficient (Wildman–Crippen LogP) is 3.10. The first kappa shape index (κ1) is 23.2. The smallest absolute Gasteiger partial charge is 0.408 e. The molecule has 35 heavy (non-hydrogen) atoms. The molecule has 12 heteroatoms. The van der Waals surface area contributed by atoms with Crippen LogP contribution in [0.4, 0.5) is 9.52 Å². The quantitative estimate of drug-likeness (QED) is 0.394. The molecular weight excluding hydrogens is 493 g/mol. The summed E-state index contributed by atoms with van der Waals surface area (Å²) in [5.41, 5.74) is 1.59. The molecule has 1 aliphatic rings. The fourth-order valence-electron chi connectivity index (χ4n) is 4.08. The van der Waals surface area contributed by atoms with Gasteiger partial charge in [0.25, 0.3) is 10.0 Å². The molecule has 2 aromatic carbocycles.